The van der Waals surface area contributed by atoms with Crippen LogP contribution in [0.1, 0.15) is 34.8 Å². The van der Waals surface area contributed by atoms with E-state index in [2.05, 4.69) is 54.5 Å². The molecule has 0 saturated heterocycles. The van der Waals surface area contributed by atoms with Crippen molar-refractivity contribution in [3.63, 3.8) is 0 Å². The van der Waals surface area contributed by atoms with Gasteiger partial charge in [0.1, 0.15) is 5.01 Å². The summed E-state index contributed by atoms with van der Waals surface area (Å²) in [5.74, 6) is 0. The van der Waals surface area contributed by atoms with Gasteiger partial charge >= 0.3 is 0 Å². The molecule has 3 heteroatoms. The maximum absolute atomic E-state index is 4.41. The van der Waals surface area contributed by atoms with E-state index in [9.17, 15) is 0 Å². The lowest BCUT2D eigenvalue weighted by molar-refractivity contribution is 0.556. The summed E-state index contributed by atoms with van der Waals surface area (Å²) in [6, 6.07) is 11.0. The van der Waals surface area contributed by atoms with Crippen LogP contribution in [0.3, 0.4) is 0 Å². The second kappa shape index (κ2) is 6.66. The smallest absolute Gasteiger partial charge is 0.109 e. The molecule has 18 heavy (non-hydrogen) atoms. The molecule has 0 saturated carbocycles. The Hall–Kier alpha value is -1.19. The molecule has 0 fully saturated rings. The van der Waals surface area contributed by atoms with E-state index in [1.165, 1.54) is 21.9 Å². The van der Waals surface area contributed by atoms with Crippen LogP contribution in [0.4, 0.5) is 0 Å². The van der Waals surface area contributed by atoms with Crippen molar-refractivity contribution in [2.45, 2.75) is 32.7 Å². The second-order valence-electron chi connectivity index (χ2n) is 4.57. The second-order valence-corrected chi connectivity index (χ2v) is 5.84. The molecule has 1 atom stereocenters. The molecule has 0 aliphatic carbocycles. The Balaban J connectivity index is 1.69. The SMILES string of the molecule is Cc1cnc(C(C)NCCCc2ccccc2)s1. The van der Waals surface area contributed by atoms with Crippen LogP contribution < -0.4 is 5.32 Å². The van der Waals surface area contributed by atoms with E-state index >= 15 is 0 Å². The van der Waals surface area contributed by atoms with Crippen LogP contribution in [0, 0.1) is 6.92 Å². The predicted molar refractivity (Wildman–Crippen MR) is 78.0 cm³/mol. The lowest BCUT2D eigenvalue weighted by atomic mass is 10.1. The molecule has 1 heterocycles. The number of hydrogen-bond acceptors (Lipinski definition) is 3. The van der Waals surface area contributed by atoms with E-state index in [1.807, 2.05) is 6.20 Å². The summed E-state index contributed by atoms with van der Waals surface area (Å²) in [6.45, 7) is 5.32. The highest BCUT2D eigenvalue weighted by atomic mass is 32.1. The maximum atomic E-state index is 4.41. The van der Waals surface area contributed by atoms with Gasteiger partial charge in [-0.3, -0.25) is 0 Å². The molecule has 0 bridgehead atoms. The lowest BCUT2D eigenvalue weighted by Gasteiger charge is -2.10. The minimum atomic E-state index is 0.361. The number of nitrogens with one attached hydrogen (secondary N) is 1. The van der Waals surface area contributed by atoms with Gasteiger partial charge in [-0.2, -0.15) is 0 Å². The van der Waals surface area contributed by atoms with Crippen LogP contribution in [-0.2, 0) is 6.42 Å². The summed E-state index contributed by atoms with van der Waals surface area (Å²) in [5.41, 5.74) is 1.41. The molecule has 1 aromatic heterocycles. The summed E-state index contributed by atoms with van der Waals surface area (Å²) in [4.78, 5) is 5.69. The van der Waals surface area contributed by atoms with E-state index in [1.54, 1.807) is 11.3 Å². The van der Waals surface area contributed by atoms with Crippen LogP contribution in [-0.4, -0.2) is 11.5 Å². The van der Waals surface area contributed by atoms with E-state index in [4.69, 9.17) is 0 Å². The summed E-state index contributed by atoms with van der Waals surface area (Å²) < 4.78 is 0. The monoisotopic (exact) mass is 260 g/mol. The molecular formula is C15H20N2S. The van der Waals surface area contributed by atoms with Gasteiger partial charge < -0.3 is 5.32 Å². The highest BCUT2D eigenvalue weighted by molar-refractivity contribution is 7.11. The fraction of sp³-hybridized carbons (Fsp3) is 0.400. The average Bonchev–Trinajstić information content (AvgIpc) is 2.82. The summed E-state index contributed by atoms with van der Waals surface area (Å²) in [7, 11) is 0. The summed E-state index contributed by atoms with van der Waals surface area (Å²) in [5, 5.41) is 4.72. The molecular weight excluding hydrogens is 240 g/mol. The van der Waals surface area contributed by atoms with Crippen LogP contribution in [0.25, 0.3) is 0 Å². The minimum Gasteiger partial charge on any atom is -0.308 e. The van der Waals surface area contributed by atoms with Gasteiger partial charge in [0.05, 0.1) is 6.04 Å². The largest absolute Gasteiger partial charge is 0.308 e. The Labute approximate surface area is 113 Å². The predicted octanol–water partition coefficient (Wildman–Crippen LogP) is 3.73. The molecule has 0 aliphatic heterocycles. The minimum absolute atomic E-state index is 0.361. The van der Waals surface area contributed by atoms with Gasteiger partial charge in [0, 0.05) is 11.1 Å². The molecule has 0 spiro atoms. The first-order chi connectivity index (χ1) is 8.75. The van der Waals surface area contributed by atoms with Gasteiger partial charge in [0.2, 0.25) is 0 Å². The van der Waals surface area contributed by atoms with Crippen molar-refractivity contribution in [2.75, 3.05) is 6.54 Å². The van der Waals surface area contributed by atoms with Crippen LogP contribution in [0.15, 0.2) is 36.5 Å². The topological polar surface area (TPSA) is 24.9 Å². The molecule has 2 rings (SSSR count). The number of hydrogen-bond donors (Lipinski definition) is 1. The number of aryl methyl sites for hydroxylation is 2. The van der Waals surface area contributed by atoms with E-state index in [0.29, 0.717) is 6.04 Å². The summed E-state index contributed by atoms with van der Waals surface area (Å²) >= 11 is 1.78. The quantitative estimate of drug-likeness (QED) is 0.800. The number of rotatable bonds is 6. The Morgan fingerprint density at radius 1 is 1.28 bits per heavy atom. The first-order valence-corrected chi connectivity index (χ1v) is 7.27. The molecule has 1 aromatic carbocycles. The molecule has 96 valence electrons. The van der Waals surface area contributed by atoms with Crippen molar-refractivity contribution in [3.05, 3.63) is 52.0 Å². The van der Waals surface area contributed by atoms with Crippen LogP contribution in [0.2, 0.25) is 0 Å². The van der Waals surface area contributed by atoms with Gasteiger partial charge in [-0.05, 0) is 38.8 Å². The number of nitrogens with zero attached hydrogens (tertiary/aromatic N) is 1. The van der Waals surface area contributed by atoms with Gasteiger partial charge in [-0.15, -0.1) is 11.3 Å². The number of aromatic nitrogens is 1. The van der Waals surface area contributed by atoms with Crippen molar-refractivity contribution in [1.29, 1.82) is 0 Å². The first-order valence-electron chi connectivity index (χ1n) is 6.45. The van der Waals surface area contributed by atoms with Gasteiger partial charge in [-0.25, -0.2) is 4.98 Å². The Morgan fingerprint density at radius 2 is 2.06 bits per heavy atom. The van der Waals surface area contributed by atoms with Crippen LogP contribution in [0.5, 0.6) is 0 Å². The first kappa shape index (κ1) is 13.2. The molecule has 1 unspecified atom stereocenters. The highest BCUT2D eigenvalue weighted by Gasteiger charge is 2.07. The zero-order chi connectivity index (χ0) is 12.8. The fourth-order valence-electron chi connectivity index (χ4n) is 1.92. The standard InChI is InChI=1S/C15H20N2S/c1-12-11-17-15(18-12)13(2)16-10-6-9-14-7-4-3-5-8-14/h3-5,7-8,11,13,16H,6,9-10H2,1-2H3. The van der Waals surface area contributed by atoms with E-state index in [-0.39, 0.29) is 0 Å². The van der Waals surface area contributed by atoms with Gasteiger partial charge in [0.25, 0.3) is 0 Å². The van der Waals surface area contributed by atoms with Crippen LogP contribution >= 0.6 is 11.3 Å². The fourth-order valence-corrected chi connectivity index (χ4v) is 2.72. The molecule has 0 aliphatic rings. The lowest BCUT2D eigenvalue weighted by Crippen LogP contribution is -2.20. The Kier molecular flexibility index (Phi) is 4.90. The van der Waals surface area contributed by atoms with Crippen molar-refractivity contribution >= 4 is 11.3 Å². The molecule has 1 N–H and O–H groups in total. The van der Waals surface area contributed by atoms with Crippen molar-refractivity contribution in [3.8, 4) is 0 Å². The maximum Gasteiger partial charge on any atom is 0.109 e. The van der Waals surface area contributed by atoms with Crippen molar-refractivity contribution in [1.82, 2.24) is 10.3 Å². The molecule has 0 amide bonds. The van der Waals surface area contributed by atoms with Crippen molar-refractivity contribution in [2.24, 2.45) is 0 Å². The zero-order valence-corrected chi connectivity index (χ0v) is 11.8. The van der Waals surface area contributed by atoms with Gasteiger partial charge in [0.15, 0.2) is 0 Å². The van der Waals surface area contributed by atoms with E-state index in [0.717, 1.165) is 13.0 Å². The molecule has 2 aromatic rings. The zero-order valence-electron chi connectivity index (χ0n) is 11.0. The number of benzene rings is 1. The third-order valence-corrected chi connectivity index (χ3v) is 4.04. The number of thiazole rings is 1. The Morgan fingerprint density at radius 3 is 2.72 bits per heavy atom. The van der Waals surface area contributed by atoms with E-state index < -0.39 is 0 Å². The normalized spacial score (nSPS) is 12.6. The van der Waals surface area contributed by atoms with Gasteiger partial charge in [-0.1, -0.05) is 30.3 Å². The average molecular weight is 260 g/mol. The third-order valence-electron chi connectivity index (χ3n) is 2.95. The Bertz CT molecular complexity index is 464. The summed E-state index contributed by atoms with van der Waals surface area (Å²) in [6.07, 6.45) is 4.25. The highest BCUT2D eigenvalue weighted by Crippen LogP contribution is 2.18. The third kappa shape index (κ3) is 3.93. The molecule has 0 radical (unpaired) electrons. The molecule has 2 nitrogen and oxygen atoms in total. The van der Waals surface area contributed by atoms with Crippen molar-refractivity contribution < 1.29 is 0 Å².